The predicted octanol–water partition coefficient (Wildman–Crippen LogP) is 2.54. The Morgan fingerprint density at radius 3 is 2.04 bits per heavy atom. The van der Waals surface area contributed by atoms with Gasteiger partial charge in [-0.2, -0.15) is 0 Å². The van der Waals surface area contributed by atoms with Gasteiger partial charge in [-0.3, -0.25) is 0 Å². The number of nitrogens with two attached hydrogens (primary N) is 1. The Kier molecular flexibility index (Phi) is 6.82. The molecule has 6 nitrogen and oxygen atoms in total. The zero-order chi connectivity index (χ0) is 18.2. The molecule has 0 aliphatic rings. The van der Waals surface area contributed by atoms with Crippen LogP contribution in [0, 0.1) is 0 Å². The van der Waals surface area contributed by atoms with Gasteiger partial charge in [0.05, 0.1) is 9.79 Å². The molecule has 0 amide bonds. The molecule has 1 aromatic carbocycles. The summed E-state index contributed by atoms with van der Waals surface area (Å²) in [5.74, 6) is 0. The van der Waals surface area contributed by atoms with Crippen molar-refractivity contribution < 1.29 is 16.8 Å². The highest BCUT2D eigenvalue weighted by atomic mass is 35.5. The summed E-state index contributed by atoms with van der Waals surface area (Å²) in [5, 5.41) is 9.62. The van der Waals surface area contributed by atoms with Crippen LogP contribution in [-0.2, 0) is 26.4 Å². The molecule has 1 aromatic heterocycles. The number of thiophene rings is 1. The lowest BCUT2D eigenvalue weighted by Gasteiger charge is -2.20. The lowest BCUT2D eigenvalue weighted by molar-refractivity contribution is 0.424. The number of halogens is 1. The van der Waals surface area contributed by atoms with Crippen LogP contribution in [0.25, 0.3) is 0 Å². The van der Waals surface area contributed by atoms with Crippen LogP contribution in [0.1, 0.15) is 26.3 Å². The van der Waals surface area contributed by atoms with Crippen molar-refractivity contribution in [2.45, 2.75) is 46.9 Å². The Morgan fingerprint density at radius 2 is 1.60 bits per heavy atom. The summed E-state index contributed by atoms with van der Waals surface area (Å²) in [6.45, 7) is 6.76. The fourth-order valence-electron chi connectivity index (χ4n) is 1.88. The normalized spacial score (nSPS) is 12.6. The van der Waals surface area contributed by atoms with Gasteiger partial charge in [-0.1, -0.05) is 12.1 Å². The number of primary sulfonamides is 1. The fourth-order valence-corrected chi connectivity index (χ4v) is 5.19. The number of hydrogen-bond acceptors (Lipinski definition) is 6. The average molecular weight is 425 g/mol. The average Bonchev–Trinajstić information content (AvgIpc) is 2.95. The minimum Gasteiger partial charge on any atom is -0.308 e. The molecule has 10 heteroatoms. The van der Waals surface area contributed by atoms with E-state index in [-0.39, 0.29) is 31.9 Å². The summed E-state index contributed by atoms with van der Waals surface area (Å²) in [4.78, 5) is 0.0397. The Labute approximate surface area is 158 Å². The maximum Gasteiger partial charge on any atom is 0.247 e. The minimum atomic E-state index is -3.91. The minimum absolute atomic E-state index is 0. The highest BCUT2D eigenvalue weighted by molar-refractivity contribution is 7.92. The van der Waals surface area contributed by atoms with Gasteiger partial charge in [0.2, 0.25) is 19.9 Å². The maximum absolute atomic E-state index is 12.6. The Balaban J connectivity index is 0.00000312. The van der Waals surface area contributed by atoms with E-state index < -0.39 is 19.9 Å². The number of benzene rings is 1. The Bertz CT molecular complexity index is 928. The monoisotopic (exact) mass is 424 g/mol. The van der Waals surface area contributed by atoms with Crippen molar-refractivity contribution in [1.82, 2.24) is 5.32 Å². The summed E-state index contributed by atoms with van der Waals surface area (Å²) in [6, 6.07) is 7.59. The third kappa shape index (κ3) is 5.77. The van der Waals surface area contributed by atoms with Crippen LogP contribution in [0.5, 0.6) is 0 Å². The molecular weight excluding hydrogens is 404 g/mol. The molecule has 0 unspecified atom stereocenters. The molecule has 3 N–H and O–H groups in total. The first-order valence-corrected chi connectivity index (χ1v) is 11.0. The molecule has 0 saturated carbocycles. The molecule has 0 spiro atoms. The Hall–Kier alpha value is -0.970. The molecule has 25 heavy (non-hydrogen) atoms. The zero-order valence-corrected chi connectivity index (χ0v) is 17.3. The fraction of sp³-hybridized carbons (Fsp3) is 0.333. The number of hydrogen-bond donors (Lipinski definition) is 2. The first kappa shape index (κ1) is 22.1. The topological polar surface area (TPSA) is 106 Å². The van der Waals surface area contributed by atoms with Gasteiger partial charge < -0.3 is 5.32 Å². The summed E-state index contributed by atoms with van der Waals surface area (Å²) in [5.41, 5.74) is 0.922. The van der Waals surface area contributed by atoms with Crippen molar-refractivity contribution in [3.8, 4) is 0 Å². The lowest BCUT2D eigenvalue weighted by atomic mass is 10.1. The van der Waals surface area contributed by atoms with Gasteiger partial charge in [0.1, 0.15) is 4.21 Å². The summed E-state index contributed by atoms with van der Waals surface area (Å²) in [7, 11) is -7.68. The highest BCUT2D eigenvalue weighted by Crippen LogP contribution is 2.27. The van der Waals surface area contributed by atoms with Crippen LogP contribution in [0.15, 0.2) is 49.7 Å². The number of rotatable bonds is 5. The second-order valence-electron chi connectivity index (χ2n) is 6.40. The quantitative estimate of drug-likeness (QED) is 0.766. The van der Waals surface area contributed by atoms with Gasteiger partial charge in [-0.25, -0.2) is 22.0 Å². The summed E-state index contributed by atoms with van der Waals surface area (Å²) < 4.78 is 47.5. The van der Waals surface area contributed by atoms with Gasteiger partial charge in [0.25, 0.3) is 0 Å². The van der Waals surface area contributed by atoms with E-state index in [4.69, 9.17) is 5.14 Å². The first-order chi connectivity index (χ1) is 10.9. The zero-order valence-electron chi connectivity index (χ0n) is 14.0. The molecule has 0 radical (unpaired) electrons. The molecule has 0 fully saturated rings. The lowest BCUT2D eigenvalue weighted by Crippen LogP contribution is -2.35. The van der Waals surface area contributed by atoms with E-state index in [1.807, 2.05) is 20.8 Å². The van der Waals surface area contributed by atoms with E-state index >= 15 is 0 Å². The smallest absolute Gasteiger partial charge is 0.247 e. The van der Waals surface area contributed by atoms with Crippen LogP contribution in [0.4, 0.5) is 0 Å². The van der Waals surface area contributed by atoms with E-state index in [1.165, 1.54) is 17.5 Å². The molecule has 2 rings (SSSR count). The molecule has 0 atom stereocenters. The summed E-state index contributed by atoms with van der Waals surface area (Å²) >= 11 is 0.790. The number of sulfonamides is 1. The molecule has 140 valence electrons. The third-order valence-electron chi connectivity index (χ3n) is 3.20. The van der Waals surface area contributed by atoms with Gasteiger partial charge in [-0.05, 0) is 44.5 Å². The molecule has 0 aliphatic heterocycles. The Morgan fingerprint density at radius 1 is 1.04 bits per heavy atom. The van der Waals surface area contributed by atoms with Crippen LogP contribution in [-0.4, -0.2) is 22.4 Å². The standard InChI is InChI=1S/C15H20N2O4S3.ClH/c1-15(2,3)17-9-11-4-6-12(7-5-11)23(18,19)13-8-14(22-10-13)24(16,20)21;/h4-8,10,17H,9H2,1-3H3,(H2,16,20,21);1H. The number of nitrogens with one attached hydrogen (secondary N) is 1. The van der Waals surface area contributed by atoms with Crippen LogP contribution in [0.3, 0.4) is 0 Å². The molecular formula is C15H21ClN2O4S3. The van der Waals surface area contributed by atoms with Crippen LogP contribution in [0.2, 0.25) is 0 Å². The van der Waals surface area contributed by atoms with E-state index in [2.05, 4.69) is 5.32 Å². The van der Waals surface area contributed by atoms with E-state index in [0.29, 0.717) is 6.54 Å². The predicted molar refractivity (Wildman–Crippen MR) is 101 cm³/mol. The van der Waals surface area contributed by atoms with Crippen molar-refractivity contribution in [2.75, 3.05) is 0 Å². The maximum atomic E-state index is 12.6. The van der Waals surface area contributed by atoms with Crippen molar-refractivity contribution in [3.63, 3.8) is 0 Å². The van der Waals surface area contributed by atoms with Gasteiger partial charge in [0, 0.05) is 17.5 Å². The van der Waals surface area contributed by atoms with Crippen molar-refractivity contribution >= 4 is 43.6 Å². The molecule has 0 bridgehead atoms. The number of sulfone groups is 1. The van der Waals surface area contributed by atoms with Crippen molar-refractivity contribution in [1.29, 1.82) is 0 Å². The largest absolute Gasteiger partial charge is 0.308 e. The van der Waals surface area contributed by atoms with Crippen LogP contribution >= 0.6 is 23.7 Å². The molecule has 0 saturated heterocycles. The van der Waals surface area contributed by atoms with Crippen molar-refractivity contribution in [2.24, 2.45) is 5.14 Å². The van der Waals surface area contributed by atoms with E-state index in [0.717, 1.165) is 23.0 Å². The van der Waals surface area contributed by atoms with Crippen molar-refractivity contribution in [3.05, 3.63) is 41.3 Å². The van der Waals surface area contributed by atoms with Crippen LogP contribution < -0.4 is 10.5 Å². The third-order valence-corrected chi connectivity index (χ3v) is 7.48. The molecule has 2 aromatic rings. The van der Waals surface area contributed by atoms with E-state index in [9.17, 15) is 16.8 Å². The SMILES string of the molecule is CC(C)(C)NCc1ccc(S(=O)(=O)c2csc(S(N)(=O)=O)c2)cc1.Cl. The second-order valence-corrected chi connectivity index (χ2v) is 11.0. The highest BCUT2D eigenvalue weighted by Gasteiger charge is 2.22. The van der Waals surface area contributed by atoms with Gasteiger partial charge >= 0.3 is 0 Å². The van der Waals surface area contributed by atoms with Gasteiger partial charge in [0.15, 0.2) is 0 Å². The van der Waals surface area contributed by atoms with E-state index in [1.54, 1.807) is 12.1 Å². The first-order valence-electron chi connectivity index (χ1n) is 7.10. The molecule has 1 heterocycles. The van der Waals surface area contributed by atoms with Gasteiger partial charge in [-0.15, -0.1) is 23.7 Å². The molecule has 0 aliphatic carbocycles. The second kappa shape index (κ2) is 7.73. The summed E-state index contributed by atoms with van der Waals surface area (Å²) in [6.07, 6.45) is 0.